The number of ether oxygens (including phenoxy) is 1. The minimum absolute atomic E-state index is 0.341. The Hall–Kier alpha value is -2.69. The second-order valence-corrected chi connectivity index (χ2v) is 7.71. The summed E-state index contributed by atoms with van der Waals surface area (Å²) in [6.45, 7) is 2.77. The lowest BCUT2D eigenvalue weighted by molar-refractivity contribution is -0.0297. The van der Waals surface area contributed by atoms with E-state index in [9.17, 15) is 9.50 Å². The molecule has 4 heteroatoms. The first-order chi connectivity index (χ1) is 14.1. The number of hydrogen-bond acceptors (Lipinski definition) is 3. The summed E-state index contributed by atoms with van der Waals surface area (Å²) in [5.41, 5.74) is 1.94. The highest BCUT2D eigenvalue weighted by Gasteiger charge is 2.36. The van der Waals surface area contributed by atoms with Crippen LogP contribution < -0.4 is 4.74 Å². The number of likely N-dealkylation sites (tertiary alicyclic amines) is 1. The van der Waals surface area contributed by atoms with Gasteiger partial charge in [0.05, 0.1) is 5.60 Å². The van der Waals surface area contributed by atoms with Gasteiger partial charge in [0.25, 0.3) is 0 Å². The molecule has 4 rings (SSSR count). The smallest absolute Gasteiger partial charge is 0.128 e. The van der Waals surface area contributed by atoms with E-state index in [2.05, 4.69) is 17.0 Å². The third-order valence-electron chi connectivity index (χ3n) is 5.61. The molecule has 0 amide bonds. The summed E-state index contributed by atoms with van der Waals surface area (Å²) in [6.07, 6.45) is 1.18. The number of halogens is 1. The molecule has 3 aromatic rings. The number of aliphatic hydroxyl groups is 1. The predicted molar refractivity (Wildman–Crippen MR) is 112 cm³/mol. The molecule has 0 saturated carbocycles. The van der Waals surface area contributed by atoms with E-state index >= 15 is 0 Å². The molecule has 0 unspecified atom stereocenters. The van der Waals surface area contributed by atoms with Gasteiger partial charge in [0, 0.05) is 31.3 Å². The second-order valence-electron chi connectivity index (χ2n) is 7.71. The molecule has 0 bridgehead atoms. The normalized spacial score (nSPS) is 16.5. The number of nitrogens with zero attached hydrogens (tertiary/aromatic N) is 1. The molecule has 1 aliphatic heterocycles. The molecule has 1 N–H and O–H groups in total. The van der Waals surface area contributed by atoms with Crippen LogP contribution in [-0.2, 0) is 18.8 Å². The Bertz CT molecular complexity index is 922. The first kappa shape index (κ1) is 19.6. The molecule has 1 fully saturated rings. The van der Waals surface area contributed by atoms with Gasteiger partial charge in [-0.1, -0.05) is 60.7 Å². The van der Waals surface area contributed by atoms with Crippen LogP contribution in [0.4, 0.5) is 4.39 Å². The van der Waals surface area contributed by atoms with Crippen molar-refractivity contribution >= 4 is 0 Å². The van der Waals surface area contributed by atoms with Crippen molar-refractivity contribution in [2.24, 2.45) is 0 Å². The summed E-state index contributed by atoms with van der Waals surface area (Å²) in [5.74, 6) is 0.0646. The first-order valence-corrected chi connectivity index (χ1v) is 10.1. The van der Waals surface area contributed by atoms with Gasteiger partial charge in [0.1, 0.15) is 18.2 Å². The van der Waals surface area contributed by atoms with E-state index < -0.39 is 5.60 Å². The molecule has 0 spiro atoms. The van der Waals surface area contributed by atoms with Crippen LogP contribution >= 0.6 is 0 Å². The van der Waals surface area contributed by atoms with E-state index in [1.54, 1.807) is 6.07 Å². The standard InChI is InChI=1S/C25H26FNO2/c26-22-11-12-23(24(17-22)29-19-21-9-5-2-6-10-21)25(28)13-15-27(16-14-25)18-20-7-3-1-4-8-20/h1-12,17,28H,13-16,18-19H2. The highest BCUT2D eigenvalue weighted by Crippen LogP contribution is 2.39. The molecule has 3 aromatic carbocycles. The average molecular weight is 391 g/mol. The third-order valence-corrected chi connectivity index (χ3v) is 5.61. The Labute approximate surface area is 171 Å². The maximum atomic E-state index is 13.9. The summed E-state index contributed by atoms with van der Waals surface area (Å²) in [5, 5.41) is 11.4. The van der Waals surface area contributed by atoms with Crippen LogP contribution in [0.1, 0.15) is 29.5 Å². The molecule has 0 radical (unpaired) electrons. The van der Waals surface area contributed by atoms with Crippen molar-refractivity contribution in [3.63, 3.8) is 0 Å². The minimum Gasteiger partial charge on any atom is -0.488 e. The van der Waals surface area contributed by atoms with Gasteiger partial charge in [-0.3, -0.25) is 4.90 Å². The molecule has 1 aliphatic rings. The monoisotopic (exact) mass is 391 g/mol. The van der Waals surface area contributed by atoms with Crippen molar-refractivity contribution < 1.29 is 14.2 Å². The number of rotatable bonds is 6. The van der Waals surface area contributed by atoms with Gasteiger partial charge in [0.2, 0.25) is 0 Å². The summed E-state index contributed by atoms with van der Waals surface area (Å²) in [7, 11) is 0. The number of piperidine rings is 1. The van der Waals surface area contributed by atoms with Crippen molar-refractivity contribution in [2.75, 3.05) is 13.1 Å². The second kappa shape index (κ2) is 8.76. The predicted octanol–water partition coefficient (Wildman–Crippen LogP) is 4.89. The van der Waals surface area contributed by atoms with Crippen LogP contribution in [0, 0.1) is 5.82 Å². The van der Waals surface area contributed by atoms with Crippen LogP contribution in [-0.4, -0.2) is 23.1 Å². The van der Waals surface area contributed by atoms with Crippen molar-refractivity contribution in [1.29, 1.82) is 0 Å². The van der Waals surface area contributed by atoms with Gasteiger partial charge >= 0.3 is 0 Å². The molecule has 29 heavy (non-hydrogen) atoms. The Balaban J connectivity index is 1.46. The molecule has 0 atom stereocenters. The average Bonchev–Trinajstić information content (AvgIpc) is 2.75. The molecule has 1 saturated heterocycles. The summed E-state index contributed by atoms with van der Waals surface area (Å²) in [4.78, 5) is 2.35. The lowest BCUT2D eigenvalue weighted by Crippen LogP contribution is -2.42. The van der Waals surface area contributed by atoms with Crippen molar-refractivity contribution in [3.05, 3.63) is 101 Å². The topological polar surface area (TPSA) is 32.7 Å². The zero-order chi connectivity index (χ0) is 20.1. The van der Waals surface area contributed by atoms with Crippen LogP contribution in [0.25, 0.3) is 0 Å². The quantitative estimate of drug-likeness (QED) is 0.650. The van der Waals surface area contributed by atoms with E-state index in [-0.39, 0.29) is 5.82 Å². The van der Waals surface area contributed by atoms with Gasteiger partial charge in [-0.2, -0.15) is 0 Å². The van der Waals surface area contributed by atoms with Crippen LogP contribution in [0.5, 0.6) is 5.75 Å². The minimum atomic E-state index is -1.01. The van der Waals surface area contributed by atoms with Crippen molar-refractivity contribution in [2.45, 2.75) is 31.6 Å². The first-order valence-electron chi connectivity index (χ1n) is 10.1. The van der Waals surface area contributed by atoms with Crippen molar-refractivity contribution in [1.82, 2.24) is 4.90 Å². The molecular weight excluding hydrogens is 365 g/mol. The highest BCUT2D eigenvalue weighted by molar-refractivity contribution is 5.39. The van der Waals surface area contributed by atoms with Crippen LogP contribution in [0.3, 0.4) is 0 Å². The Morgan fingerprint density at radius 1 is 0.862 bits per heavy atom. The SMILES string of the molecule is OC1(c2ccc(F)cc2OCc2ccccc2)CCN(Cc2ccccc2)CC1. The summed E-state index contributed by atoms with van der Waals surface area (Å²) >= 11 is 0. The van der Waals surface area contributed by atoms with E-state index in [0.717, 1.165) is 25.2 Å². The van der Waals surface area contributed by atoms with E-state index in [0.29, 0.717) is 30.8 Å². The van der Waals surface area contributed by atoms with Gasteiger partial charge < -0.3 is 9.84 Å². The highest BCUT2D eigenvalue weighted by atomic mass is 19.1. The van der Waals surface area contributed by atoms with Gasteiger partial charge in [-0.05, 0) is 36.1 Å². The lowest BCUT2D eigenvalue weighted by Gasteiger charge is -2.39. The van der Waals surface area contributed by atoms with Crippen LogP contribution in [0.15, 0.2) is 78.9 Å². The Kier molecular flexibility index (Phi) is 5.93. The Morgan fingerprint density at radius 2 is 1.48 bits per heavy atom. The number of benzene rings is 3. The molecule has 0 aromatic heterocycles. The fourth-order valence-corrected chi connectivity index (χ4v) is 3.93. The summed E-state index contributed by atoms with van der Waals surface area (Å²) < 4.78 is 19.8. The van der Waals surface area contributed by atoms with Gasteiger partial charge in [-0.25, -0.2) is 4.39 Å². The van der Waals surface area contributed by atoms with Crippen LogP contribution in [0.2, 0.25) is 0 Å². The molecule has 150 valence electrons. The van der Waals surface area contributed by atoms with Gasteiger partial charge in [0.15, 0.2) is 0 Å². The van der Waals surface area contributed by atoms with Crippen molar-refractivity contribution in [3.8, 4) is 5.75 Å². The van der Waals surface area contributed by atoms with Gasteiger partial charge in [-0.15, -0.1) is 0 Å². The third kappa shape index (κ3) is 4.84. The molecular formula is C25H26FNO2. The maximum absolute atomic E-state index is 13.9. The Morgan fingerprint density at radius 3 is 2.14 bits per heavy atom. The van der Waals surface area contributed by atoms with E-state index in [1.807, 2.05) is 48.5 Å². The fourth-order valence-electron chi connectivity index (χ4n) is 3.93. The lowest BCUT2D eigenvalue weighted by atomic mass is 9.83. The zero-order valence-electron chi connectivity index (χ0n) is 16.4. The molecule has 0 aliphatic carbocycles. The van der Waals surface area contributed by atoms with E-state index in [1.165, 1.54) is 17.7 Å². The largest absolute Gasteiger partial charge is 0.488 e. The number of hydrogen-bond donors (Lipinski definition) is 1. The van der Waals surface area contributed by atoms with E-state index in [4.69, 9.17) is 4.74 Å². The maximum Gasteiger partial charge on any atom is 0.128 e. The zero-order valence-corrected chi connectivity index (χ0v) is 16.4. The molecule has 1 heterocycles. The fraction of sp³-hybridized carbons (Fsp3) is 0.280. The summed E-state index contributed by atoms with van der Waals surface area (Å²) in [6, 6.07) is 24.6. The molecule has 3 nitrogen and oxygen atoms in total.